The van der Waals surface area contributed by atoms with Gasteiger partial charge in [-0.3, -0.25) is 9.59 Å². The van der Waals surface area contributed by atoms with E-state index in [4.69, 9.17) is 14.0 Å². The summed E-state index contributed by atoms with van der Waals surface area (Å²) in [5.41, 5.74) is 1.09. The number of esters is 1. The van der Waals surface area contributed by atoms with Crippen molar-refractivity contribution in [3.63, 3.8) is 0 Å². The first-order valence-electron chi connectivity index (χ1n) is 7.91. The quantitative estimate of drug-likeness (QED) is 0.694. The van der Waals surface area contributed by atoms with Gasteiger partial charge in [0.25, 0.3) is 5.91 Å². The summed E-state index contributed by atoms with van der Waals surface area (Å²) in [5, 5.41) is 8.53. The molecule has 1 unspecified atom stereocenters. The second kappa shape index (κ2) is 7.01. The van der Waals surface area contributed by atoms with E-state index >= 15 is 0 Å². The minimum atomic E-state index is -0.920. The lowest BCUT2D eigenvalue weighted by molar-refractivity contribution is -0.149. The van der Waals surface area contributed by atoms with Crippen molar-refractivity contribution < 1.29 is 23.6 Å². The zero-order valence-corrected chi connectivity index (χ0v) is 14.3. The van der Waals surface area contributed by atoms with Crippen LogP contribution in [0.4, 0.5) is 5.69 Å². The number of nitrogens with zero attached hydrogens (tertiary/aromatic N) is 1. The van der Waals surface area contributed by atoms with Crippen molar-refractivity contribution in [3.05, 3.63) is 53.5 Å². The number of para-hydroxylation sites is 2. The van der Waals surface area contributed by atoms with E-state index in [1.54, 1.807) is 30.3 Å². The maximum atomic E-state index is 12.0. The fraction of sp³-hybridized carbons (Fsp3) is 0.167. The Labute approximate surface area is 152 Å². The van der Waals surface area contributed by atoms with Gasteiger partial charge in [0.2, 0.25) is 0 Å². The molecule has 0 fully saturated rings. The minimum Gasteiger partial charge on any atom is -0.478 e. The summed E-state index contributed by atoms with van der Waals surface area (Å²) in [7, 11) is 0. The molecule has 2 aromatic heterocycles. The Morgan fingerprint density at radius 2 is 2.15 bits per heavy atom. The largest absolute Gasteiger partial charge is 0.478 e. The first kappa shape index (κ1) is 16.3. The summed E-state index contributed by atoms with van der Waals surface area (Å²) in [5.74, 6) is 0.229. The van der Waals surface area contributed by atoms with Gasteiger partial charge in [-0.05, 0) is 23.6 Å². The number of carbonyl (C=O) groups is 2. The number of rotatable bonds is 5. The summed E-state index contributed by atoms with van der Waals surface area (Å²) < 4.78 is 16.0. The number of aromatic nitrogens is 1. The van der Waals surface area contributed by atoms with Crippen LogP contribution in [0, 0.1) is 0 Å². The SMILES string of the molecule is O=C(CC1Oc2ccccc2NC1=O)OCc1cc(-c2cccs2)on1. The number of hydrogen-bond acceptors (Lipinski definition) is 7. The van der Waals surface area contributed by atoms with Gasteiger partial charge < -0.3 is 19.3 Å². The fourth-order valence-electron chi connectivity index (χ4n) is 2.51. The molecule has 3 heterocycles. The third kappa shape index (κ3) is 3.45. The van der Waals surface area contributed by atoms with Gasteiger partial charge in [-0.2, -0.15) is 0 Å². The van der Waals surface area contributed by atoms with Crippen LogP contribution in [0.15, 0.2) is 52.4 Å². The van der Waals surface area contributed by atoms with Crippen LogP contribution in [0.1, 0.15) is 12.1 Å². The molecule has 26 heavy (non-hydrogen) atoms. The molecule has 8 heteroatoms. The van der Waals surface area contributed by atoms with Crippen LogP contribution in [0.25, 0.3) is 10.6 Å². The average molecular weight is 370 g/mol. The van der Waals surface area contributed by atoms with E-state index in [-0.39, 0.29) is 18.9 Å². The van der Waals surface area contributed by atoms with Crippen LogP contribution < -0.4 is 10.1 Å². The lowest BCUT2D eigenvalue weighted by Gasteiger charge is -2.25. The summed E-state index contributed by atoms with van der Waals surface area (Å²) in [6.45, 7) is -0.0291. The van der Waals surface area contributed by atoms with Crippen LogP contribution >= 0.6 is 11.3 Å². The number of hydrogen-bond donors (Lipinski definition) is 1. The first-order chi connectivity index (χ1) is 12.7. The van der Waals surface area contributed by atoms with Crippen molar-refractivity contribution in [2.75, 3.05) is 5.32 Å². The van der Waals surface area contributed by atoms with E-state index in [2.05, 4.69) is 10.5 Å². The number of ether oxygens (including phenoxy) is 2. The fourth-order valence-corrected chi connectivity index (χ4v) is 3.18. The number of amides is 1. The molecule has 7 nitrogen and oxygen atoms in total. The highest BCUT2D eigenvalue weighted by molar-refractivity contribution is 7.13. The molecule has 0 aliphatic carbocycles. The second-order valence-corrected chi connectivity index (χ2v) is 6.56. The van der Waals surface area contributed by atoms with E-state index in [1.807, 2.05) is 17.5 Å². The van der Waals surface area contributed by atoms with Crippen molar-refractivity contribution in [3.8, 4) is 16.4 Å². The maximum absolute atomic E-state index is 12.0. The average Bonchev–Trinajstić information content (AvgIpc) is 3.32. The molecular formula is C18H14N2O5S. The third-order valence-corrected chi connectivity index (χ3v) is 4.65. The van der Waals surface area contributed by atoms with Crippen LogP contribution in [0.3, 0.4) is 0 Å². The standard InChI is InChI=1S/C18H14N2O5S/c21-17(9-15-18(22)19-12-4-1-2-5-13(12)24-15)23-10-11-8-14(25-20-11)16-6-3-7-26-16/h1-8,15H,9-10H2,(H,19,22). The van der Waals surface area contributed by atoms with Gasteiger partial charge in [0.05, 0.1) is 17.0 Å². The highest BCUT2D eigenvalue weighted by atomic mass is 32.1. The molecule has 1 aliphatic rings. The van der Waals surface area contributed by atoms with E-state index in [0.29, 0.717) is 22.9 Å². The van der Waals surface area contributed by atoms with Crippen LogP contribution in [-0.4, -0.2) is 23.1 Å². The third-order valence-electron chi connectivity index (χ3n) is 3.76. The van der Waals surface area contributed by atoms with Gasteiger partial charge in [0.1, 0.15) is 18.1 Å². The minimum absolute atomic E-state index is 0.0291. The Bertz CT molecular complexity index is 935. The molecule has 0 spiro atoms. The summed E-state index contributed by atoms with van der Waals surface area (Å²) in [6.07, 6.45) is -1.10. The Balaban J connectivity index is 1.33. The number of nitrogens with one attached hydrogen (secondary N) is 1. The lowest BCUT2D eigenvalue weighted by Crippen LogP contribution is -2.38. The van der Waals surface area contributed by atoms with Crippen LogP contribution in [0.5, 0.6) is 5.75 Å². The molecule has 1 amide bonds. The van der Waals surface area contributed by atoms with Crippen molar-refractivity contribution >= 4 is 28.9 Å². The van der Waals surface area contributed by atoms with Crippen molar-refractivity contribution in [1.82, 2.24) is 5.16 Å². The Kier molecular flexibility index (Phi) is 4.40. The molecule has 0 bridgehead atoms. The molecule has 0 saturated heterocycles. The van der Waals surface area contributed by atoms with Gasteiger partial charge in [0.15, 0.2) is 11.9 Å². The van der Waals surface area contributed by atoms with E-state index in [1.165, 1.54) is 11.3 Å². The number of benzene rings is 1. The van der Waals surface area contributed by atoms with Gasteiger partial charge in [-0.25, -0.2) is 0 Å². The van der Waals surface area contributed by atoms with E-state index in [9.17, 15) is 9.59 Å². The summed E-state index contributed by atoms with van der Waals surface area (Å²) >= 11 is 1.53. The van der Waals surface area contributed by atoms with Crippen molar-refractivity contribution in [2.45, 2.75) is 19.1 Å². The highest BCUT2D eigenvalue weighted by Gasteiger charge is 2.30. The van der Waals surface area contributed by atoms with Crippen LogP contribution in [0.2, 0.25) is 0 Å². The Morgan fingerprint density at radius 1 is 1.27 bits per heavy atom. The van der Waals surface area contributed by atoms with E-state index < -0.39 is 12.1 Å². The molecule has 1 aromatic carbocycles. The molecule has 1 N–H and O–H groups in total. The molecule has 0 radical (unpaired) electrons. The number of carbonyl (C=O) groups excluding carboxylic acids is 2. The molecule has 4 rings (SSSR count). The normalized spacial score (nSPS) is 15.7. The summed E-state index contributed by atoms with van der Waals surface area (Å²) in [4.78, 5) is 25.0. The van der Waals surface area contributed by atoms with Crippen molar-refractivity contribution in [2.24, 2.45) is 0 Å². The second-order valence-electron chi connectivity index (χ2n) is 5.62. The van der Waals surface area contributed by atoms with Crippen LogP contribution in [-0.2, 0) is 20.9 Å². The molecule has 0 saturated carbocycles. The van der Waals surface area contributed by atoms with E-state index in [0.717, 1.165) is 4.88 Å². The van der Waals surface area contributed by atoms with Gasteiger partial charge in [-0.1, -0.05) is 23.4 Å². The van der Waals surface area contributed by atoms with Gasteiger partial charge >= 0.3 is 5.97 Å². The first-order valence-corrected chi connectivity index (χ1v) is 8.78. The zero-order valence-electron chi connectivity index (χ0n) is 13.5. The lowest BCUT2D eigenvalue weighted by atomic mass is 10.1. The zero-order chi connectivity index (χ0) is 17.9. The monoisotopic (exact) mass is 370 g/mol. The predicted octanol–water partition coefficient (Wildman–Crippen LogP) is 3.24. The topological polar surface area (TPSA) is 90.7 Å². The number of fused-ring (bicyclic) bond motifs is 1. The molecular weight excluding hydrogens is 356 g/mol. The Morgan fingerprint density at radius 3 is 3.00 bits per heavy atom. The smallest absolute Gasteiger partial charge is 0.310 e. The number of thiophene rings is 1. The summed E-state index contributed by atoms with van der Waals surface area (Å²) in [6, 6.07) is 12.6. The molecule has 1 atom stereocenters. The predicted molar refractivity (Wildman–Crippen MR) is 93.7 cm³/mol. The van der Waals surface area contributed by atoms with Gasteiger partial charge in [-0.15, -0.1) is 11.3 Å². The number of anilines is 1. The molecule has 3 aromatic rings. The maximum Gasteiger partial charge on any atom is 0.310 e. The Hall–Kier alpha value is -3.13. The molecule has 132 valence electrons. The highest BCUT2D eigenvalue weighted by Crippen LogP contribution is 2.30. The molecule has 1 aliphatic heterocycles. The van der Waals surface area contributed by atoms with Gasteiger partial charge in [0, 0.05) is 6.07 Å². The van der Waals surface area contributed by atoms with Crippen molar-refractivity contribution in [1.29, 1.82) is 0 Å².